The van der Waals surface area contributed by atoms with Crippen LogP contribution < -0.4 is 5.32 Å². The maximum absolute atomic E-state index is 12.2. The fourth-order valence-electron chi connectivity index (χ4n) is 2.91. The maximum Gasteiger partial charge on any atom is 0.253 e. The summed E-state index contributed by atoms with van der Waals surface area (Å²) in [5.41, 5.74) is 1.09. The van der Waals surface area contributed by atoms with E-state index in [1.807, 2.05) is 0 Å². The van der Waals surface area contributed by atoms with Gasteiger partial charge in [0.15, 0.2) is 0 Å². The van der Waals surface area contributed by atoms with Crippen LogP contribution in [0.5, 0.6) is 0 Å². The summed E-state index contributed by atoms with van der Waals surface area (Å²) in [6.45, 7) is 6.02. The van der Waals surface area contributed by atoms with E-state index in [0.29, 0.717) is 29.4 Å². The van der Waals surface area contributed by atoms with Gasteiger partial charge in [0.2, 0.25) is 0 Å². The molecule has 2 rings (SSSR count). The number of nitrogens with one attached hydrogen (secondary N) is 1. The highest BCUT2D eigenvalue weighted by molar-refractivity contribution is 5.95. The fourth-order valence-corrected chi connectivity index (χ4v) is 2.91. The largest absolute Gasteiger partial charge is 0.388 e. The van der Waals surface area contributed by atoms with Gasteiger partial charge in [0.05, 0.1) is 22.6 Å². The first-order valence-electron chi connectivity index (χ1n) is 7.21. The smallest absolute Gasteiger partial charge is 0.253 e. The topological polar surface area (TPSA) is 75.1 Å². The summed E-state index contributed by atoms with van der Waals surface area (Å²) in [4.78, 5) is 12.2. The van der Waals surface area contributed by atoms with Crippen LogP contribution in [0.25, 0.3) is 0 Å². The van der Waals surface area contributed by atoms with E-state index in [2.05, 4.69) is 22.4 Å². The molecule has 2 atom stereocenters. The number of aryl methyl sites for hydroxylation is 2. The normalized spacial score (nSPS) is 26.3. The van der Waals surface area contributed by atoms with Gasteiger partial charge in [-0.1, -0.05) is 19.8 Å². The molecule has 1 heterocycles. The van der Waals surface area contributed by atoms with Crippen LogP contribution in [0.15, 0.2) is 6.07 Å². The molecule has 0 radical (unpaired) electrons. The Morgan fingerprint density at radius 3 is 2.95 bits per heavy atom. The molecular formula is C15H23N3O2. The summed E-state index contributed by atoms with van der Waals surface area (Å²) in [7, 11) is 0. The lowest BCUT2D eigenvalue weighted by Crippen LogP contribution is -2.46. The molecule has 0 bridgehead atoms. The van der Waals surface area contributed by atoms with E-state index in [-0.39, 0.29) is 5.91 Å². The van der Waals surface area contributed by atoms with Gasteiger partial charge >= 0.3 is 0 Å². The number of hydrogen-bond acceptors (Lipinski definition) is 4. The lowest BCUT2D eigenvalue weighted by atomic mass is 9.79. The third-order valence-electron chi connectivity index (χ3n) is 3.99. The first-order chi connectivity index (χ1) is 9.39. The SMILES string of the molecule is Cc1cc(C(=O)NCC2(O)CCCC(C)C2)c(C)nn1. The number of aliphatic hydroxyl groups is 1. The van der Waals surface area contributed by atoms with Crippen molar-refractivity contribution in [2.24, 2.45) is 5.92 Å². The molecule has 5 nitrogen and oxygen atoms in total. The highest BCUT2D eigenvalue weighted by Crippen LogP contribution is 2.31. The molecule has 0 saturated heterocycles. The highest BCUT2D eigenvalue weighted by Gasteiger charge is 2.33. The molecular weight excluding hydrogens is 254 g/mol. The fraction of sp³-hybridized carbons (Fsp3) is 0.667. The van der Waals surface area contributed by atoms with Gasteiger partial charge in [0.1, 0.15) is 0 Å². The number of carbonyl (C=O) groups excluding carboxylic acids is 1. The predicted octanol–water partition coefficient (Wildman–Crippen LogP) is 1.76. The predicted molar refractivity (Wildman–Crippen MR) is 76.4 cm³/mol. The molecule has 1 aromatic heterocycles. The first kappa shape index (κ1) is 14.9. The Labute approximate surface area is 119 Å². The van der Waals surface area contributed by atoms with Crippen molar-refractivity contribution in [1.82, 2.24) is 15.5 Å². The minimum Gasteiger partial charge on any atom is -0.388 e. The van der Waals surface area contributed by atoms with Gasteiger partial charge in [-0.05, 0) is 38.7 Å². The second-order valence-electron chi connectivity index (χ2n) is 6.09. The summed E-state index contributed by atoms with van der Waals surface area (Å²) in [6.07, 6.45) is 3.68. The Hall–Kier alpha value is -1.49. The van der Waals surface area contributed by atoms with Gasteiger partial charge in [0, 0.05) is 6.54 Å². The van der Waals surface area contributed by atoms with Crippen LogP contribution in [-0.4, -0.2) is 33.4 Å². The molecule has 1 aromatic rings. The second-order valence-corrected chi connectivity index (χ2v) is 6.09. The van der Waals surface area contributed by atoms with Gasteiger partial charge in [-0.15, -0.1) is 0 Å². The zero-order valence-electron chi connectivity index (χ0n) is 12.4. The molecule has 1 fully saturated rings. The number of carbonyl (C=O) groups is 1. The van der Waals surface area contributed by atoms with E-state index < -0.39 is 5.60 Å². The number of nitrogens with zero attached hydrogens (tertiary/aromatic N) is 2. The third kappa shape index (κ3) is 3.54. The molecule has 0 aliphatic heterocycles. The van der Waals surface area contributed by atoms with Crippen molar-refractivity contribution in [3.63, 3.8) is 0 Å². The molecule has 5 heteroatoms. The van der Waals surface area contributed by atoms with Gasteiger partial charge in [0.25, 0.3) is 5.91 Å². The highest BCUT2D eigenvalue weighted by atomic mass is 16.3. The van der Waals surface area contributed by atoms with E-state index in [1.165, 1.54) is 0 Å². The molecule has 1 amide bonds. The quantitative estimate of drug-likeness (QED) is 0.883. The molecule has 1 aliphatic rings. The standard InChI is InChI=1S/C15H23N3O2/c1-10-5-4-6-15(20,8-10)9-16-14(19)13-7-11(2)17-18-12(13)3/h7,10,20H,4-6,8-9H2,1-3H3,(H,16,19). The summed E-state index contributed by atoms with van der Waals surface area (Å²) in [5, 5.41) is 21.2. The van der Waals surface area contributed by atoms with Crippen LogP contribution in [0.2, 0.25) is 0 Å². The zero-order chi connectivity index (χ0) is 14.8. The number of hydrogen-bond donors (Lipinski definition) is 2. The summed E-state index contributed by atoms with van der Waals surface area (Å²) < 4.78 is 0. The van der Waals surface area contributed by atoms with Gasteiger partial charge < -0.3 is 10.4 Å². The van der Waals surface area contributed by atoms with E-state index in [1.54, 1.807) is 19.9 Å². The number of rotatable bonds is 3. The van der Waals surface area contributed by atoms with Crippen molar-refractivity contribution in [3.8, 4) is 0 Å². The van der Waals surface area contributed by atoms with E-state index >= 15 is 0 Å². The van der Waals surface area contributed by atoms with Gasteiger partial charge in [-0.3, -0.25) is 4.79 Å². The van der Waals surface area contributed by atoms with Crippen LogP contribution in [0.1, 0.15) is 54.4 Å². The lowest BCUT2D eigenvalue weighted by molar-refractivity contribution is -0.0109. The number of amides is 1. The second kappa shape index (κ2) is 5.87. The van der Waals surface area contributed by atoms with Gasteiger partial charge in [-0.25, -0.2) is 0 Å². The molecule has 110 valence electrons. The van der Waals surface area contributed by atoms with Crippen LogP contribution in [0.4, 0.5) is 0 Å². The minimum atomic E-state index is -0.767. The monoisotopic (exact) mass is 277 g/mol. The van der Waals surface area contributed by atoms with E-state index in [9.17, 15) is 9.90 Å². The molecule has 1 saturated carbocycles. The summed E-state index contributed by atoms with van der Waals surface area (Å²) >= 11 is 0. The first-order valence-corrected chi connectivity index (χ1v) is 7.21. The molecule has 0 aromatic carbocycles. The average molecular weight is 277 g/mol. The molecule has 2 N–H and O–H groups in total. The van der Waals surface area contributed by atoms with Crippen molar-refractivity contribution in [1.29, 1.82) is 0 Å². The molecule has 1 aliphatic carbocycles. The van der Waals surface area contributed by atoms with E-state index in [0.717, 1.165) is 25.7 Å². The van der Waals surface area contributed by atoms with Crippen LogP contribution in [0.3, 0.4) is 0 Å². The molecule has 0 spiro atoms. The van der Waals surface area contributed by atoms with Crippen molar-refractivity contribution in [2.75, 3.05) is 6.54 Å². The van der Waals surface area contributed by atoms with E-state index in [4.69, 9.17) is 0 Å². The van der Waals surface area contributed by atoms with Crippen molar-refractivity contribution in [2.45, 2.75) is 52.1 Å². The third-order valence-corrected chi connectivity index (χ3v) is 3.99. The van der Waals surface area contributed by atoms with Crippen LogP contribution in [-0.2, 0) is 0 Å². The molecule has 20 heavy (non-hydrogen) atoms. The Balaban J connectivity index is 1.99. The molecule has 2 unspecified atom stereocenters. The minimum absolute atomic E-state index is 0.188. The summed E-state index contributed by atoms with van der Waals surface area (Å²) in [5.74, 6) is 0.323. The van der Waals surface area contributed by atoms with Crippen molar-refractivity contribution < 1.29 is 9.90 Å². The maximum atomic E-state index is 12.2. The zero-order valence-corrected chi connectivity index (χ0v) is 12.4. The van der Waals surface area contributed by atoms with Crippen molar-refractivity contribution in [3.05, 3.63) is 23.0 Å². The Morgan fingerprint density at radius 1 is 1.50 bits per heavy atom. The summed E-state index contributed by atoms with van der Waals surface area (Å²) in [6, 6.07) is 1.73. The Bertz CT molecular complexity index is 504. The van der Waals surface area contributed by atoms with Crippen LogP contribution >= 0.6 is 0 Å². The Morgan fingerprint density at radius 2 is 2.25 bits per heavy atom. The van der Waals surface area contributed by atoms with Gasteiger partial charge in [-0.2, -0.15) is 10.2 Å². The average Bonchev–Trinajstić information content (AvgIpc) is 2.39. The Kier molecular flexibility index (Phi) is 4.38. The van der Waals surface area contributed by atoms with Crippen LogP contribution in [0, 0.1) is 19.8 Å². The van der Waals surface area contributed by atoms with Crippen molar-refractivity contribution >= 4 is 5.91 Å². The lowest BCUT2D eigenvalue weighted by Gasteiger charge is -2.35. The number of aromatic nitrogens is 2.